The van der Waals surface area contributed by atoms with Crippen LogP contribution in [0.25, 0.3) is 22.2 Å². The Morgan fingerprint density at radius 1 is 1.12 bits per heavy atom. The highest BCUT2D eigenvalue weighted by Crippen LogP contribution is 2.43. The van der Waals surface area contributed by atoms with Crippen molar-refractivity contribution in [2.45, 2.75) is 45.6 Å². The molecule has 33 heavy (non-hydrogen) atoms. The number of nitriles is 1. The molecular formula is C26H25N5O2. The van der Waals surface area contributed by atoms with E-state index in [-0.39, 0.29) is 6.10 Å². The van der Waals surface area contributed by atoms with Gasteiger partial charge in [-0.2, -0.15) is 20.6 Å². The summed E-state index contributed by atoms with van der Waals surface area (Å²) in [5, 5.41) is 26.3. The van der Waals surface area contributed by atoms with Crippen molar-refractivity contribution in [3.63, 3.8) is 0 Å². The van der Waals surface area contributed by atoms with E-state index in [1.54, 1.807) is 13.3 Å². The van der Waals surface area contributed by atoms with Crippen LogP contribution in [-0.4, -0.2) is 27.5 Å². The number of rotatable bonds is 6. The predicted octanol–water partition coefficient (Wildman–Crippen LogP) is 5.53. The third-order valence-corrected chi connectivity index (χ3v) is 6.24. The highest BCUT2D eigenvalue weighted by molar-refractivity contribution is 5.95. The zero-order valence-corrected chi connectivity index (χ0v) is 19.1. The van der Waals surface area contributed by atoms with Crippen LogP contribution in [0.2, 0.25) is 0 Å². The van der Waals surface area contributed by atoms with Gasteiger partial charge in [-0.1, -0.05) is 0 Å². The molecule has 1 N–H and O–H groups in total. The third-order valence-electron chi connectivity index (χ3n) is 6.24. The number of hydrogen-bond donors (Lipinski definition) is 1. The number of nitrogens with zero attached hydrogens (tertiary/aromatic N) is 4. The normalized spacial score (nSPS) is 14.2. The number of aryl methyl sites for hydroxylation is 2. The van der Waals surface area contributed by atoms with Crippen LogP contribution < -0.4 is 9.47 Å². The van der Waals surface area contributed by atoms with Gasteiger partial charge in [0.15, 0.2) is 11.5 Å². The molecule has 7 heteroatoms. The summed E-state index contributed by atoms with van der Waals surface area (Å²) in [4.78, 5) is 0. The van der Waals surface area contributed by atoms with E-state index in [0.717, 1.165) is 39.0 Å². The Balaban J connectivity index is 1.58. The average Bonchev–Trinajstić information content (AvgIpc) is 3.58. The van der Waals surface area contributed by atoms with Crippen LogP contribution in [0.5, 0.6) is 11.5 Å². The van der Waals surface area contributed by atoms with Crippen molar-refractivity contribution in [2.24, 2.45) is 0 Å². The van der Waals surface area contributed by atoms with E-state index in [1.807, 2.05) is 45.0 Å². The maximum absolute atomic E-state index is 9.54. The number of H-pyrrole nitrogens is 1. The van der Waals surface area contributed by atoms with Gasteiger partial charge in [0.2, 0.25) is 0 Å². The van der Waals surface area contributed by atoms with Crippen LogP contribution in [0.1, 0.15) is 59.7 Å². The van der Waals surface area contributed by atoms with E-state index < -0.39 is 0 Å². The minimum Gasteiger partial charge on any atom is -0.493 e. The molecule has 1 aliphatic carbocycles. The van der Waals surface area contributed by atoms with E-state index in [9.17, 15) is 5.26 Å². The summed E-state index contributed by atoms with van der Waals surface area (Å²) in [6, 6.07) is 12.2. The first kappa shape index (κ1) is 21.0. The summed E-state index contributed by atoms with van der Waals surface area (Å²) in [5.74, 6) is 1.78. The monoisotopic (exact) mass is 439 g/mol. The minimum absolute atomic E-state index is 0.245. The number of aromatic nitrogens is 4. The Kier molecular flexibility index (Phi) is 5.21. The molecule has 4 aromatic rings. The lowest BCUT2D eigenvalue weighted by molar-refractivity contribution is 0.214. The first-order valence-corrected chi connectivity index (χ1v) is 11.1. The number of hydrogen-bond acceptors (Lipinski definition) is 6. The summed E-state index contributed by atoms with van der Waals surface area (Å²) in [7, 11) is 1.62. The minimum atomic E-state index is -0.245. The van der Waals surface area contributed by atoms with Crippen molar-refractivity contribution in [3.05, 3.63) is 64.5 Å². The van der Waals surface area contributed by atoms with Crippen LogP contribution in [0.4, 0.5) is 0 Å². The van der Waals surface area contributed by atoms with Gasteiger partial charge >= 0.3 is 0 Å². The number of methoxy groups -OCH3 is 1. The van der Waals surface area contributed by atoms with Crippen molar-refractivity contribution in [1.82, 2.24) is 20.4 Å². The highest BCUT2D eigenvalue weighted by atomic mass is 16.5. The topological polar surface area (TPSA) is 96.7 Å². The van der Waals surface area contributed by atoms with Crippen LogP contribution in [0, 0.1) is 25.2 Å². The molecule has 0 unspecified atom stereocenters. The molecular weight excluding hydrogens is 414 g/mol. The van der Waals surface area contributed by atoms with E-state index in [1.165, 1.54) is 18.4 Å². The standard InChI is InChI=1S/C26H25N5O2/c1-14-13-28-29-15(2)25(14)16(3)33-24-10-21-22(11-23(24)32-4)30-31-26(21)20-8-17(12-27)7-19(9-20)18-5-6-18/h7-11,13,16,18H,5-6H2,1-4H3,(H,30,31)/t16-/m1/s1. The Morgan fingerprint density at radius 2 is 1.94 bits per heavy atom. The molecule has 0 radical (unpaired) electrons. The maximum Gasteiger partial charge on any atom is 0.162 e. The van der Waals surface area contributed by atoms with Gasteiger partial charge in [-0.15, -0.1) is 0 Å². The van der Waals surface area contributed by atoms with Crippen molar-refractivity contribution in [2.75, 3.05) is 7.11 Å². The van der Waals surface area contributed by atoms with Crippen molar-refractivity contribution in [1.29, 1.82) is 5.26 Å². The van der Waals surface area contributed by atoms with E-state index in [0.29, 0.717) is 23.0 Å². The van der Waals surface area contributed by atoms with Gasteiger partial charge in [0.1, 0.15) is 11.8 Å². The molecule has 1 saturated carbocycles. The predicted molar refractivity (Wildman–Crippen MR) is 125 cm³/mol. The third kappa shape index (κ3) is 3.89. The fraction of sp³-hybridized carbons (Fsp3) is 0.308. The Labute approximate surface area is 192 Å². The van der Waals surface area contributed by atoms with Gasteiger partial charge in [-0.05, 0) is 74.9 Å². The Bertz CT molecular complexity index is 1380. The molecule has 0 aliphatic heterocycles. The van der Waals surface area contributed by atoms with E-state index in [4.69, 9.17) is 9.47 Å². The Morgan fingerprint density at radius 3 is 2.64 bits per heavy atom. The molecule has 7 nitrogen and oxygen atoms in total. The van der Waals surface area contributed by atoms with E-state index >= 15 is 0 Å². The second kappa shape index (κ2) is 8.21. The summed E-state index contributed by atoms with van der Waals surface area (Å²) in [6.45, 7) is 5.93. The fourth-order valence-corrected chi connectivity index (χ4v) is 4.48. The number of nitrogens with one attached hydrogen (secondary N) is 1. The molecule has 0 saturated heterocycles. The zero-order valence-electron chi connectivity index (χ0n) is 19.1. The van der Waals surface area contributed by atoms with Gasteiger partial charge in [0.05, 0.1) is 36.1 Å². The molecule has 0 spiro atoms. The first-order valence-electron chi connectivity index (χ1n) is 11.1. The molecule has 166 valence electrons. The number of fused-ring (bicyclic) bond motifs is 1. The number of aromatic amines is 1. The molecule has 1 aliphatic rings. The molecule has 0 amide bonds. The molecule has 1 fully saturated rings. The molecule has 2 aromatic carbocycles. The smallest absolute Gasteiger partial charge is 0.162 e. The SMILES string of the molecule is COc1cc2[nH]nc(-c3cc(C#N)cc(C4CC4)c3)c2cc1O[C@H](C)c1c(C)cnnc1C. The Hall–Kier alpha value is -3.92. The van der Waals surface area contributed by atoms with Crippen LogP contribution in [0.3, 0.4) is 0 Å². The quantitative estimate of drug-likeness (QED) is 0.424. The lowest BCUT2D eigenvalue weighted by atomic mass is 9.99. The molecule has 1 atom stereocenters. The second-order valence-corrected chi connectivity index (χ2v) is 8.64. The molecule has 0 bridgehead atoms. The second-order valence-electron chi connectivity index (χ2n) is 8.64. The summed E-state index contributed by atoms with van der Waals surface area (Å²) >= 11 is 0. The average molecular weight is 440 g/mol. The van der Waals surface area contributed by atoms with Crippen molar-refractivity contribution >= 4 is 10.9 Å². The van der Waals surface area contributed by atoms with Gasteiger partial charge in [0, 0.05) is 22.6 Å². The highest BCUT2D eigenvalue weighted by Gasteiger charge is 2.25. The number of ether oxygens (including phenoxy) is 2. The first-order chi connectivity index (χ1) is 16.0. The molecule has 2 aromatic heterocycles. The van der Waals surface area contributed by atoms with Gasteiger partial charge in [0.25, 0.3) is 0 Å². The van der Waals surface area contributed by atoms with Crippen molar-refractivity contribution < 1.29 is 9.47 Å². The maximum atomic E-state index is 9.54. The number of benzene rings is 2. The lowest BCUT2D eigenvalue weighted by Gasteiger charge is -2.20. The summed E-state index contributed by atoms with van der Waals surface area (Å²) < 4.78 is 12.0. The van der Waals surface area contributed by atoms with Crippen LogP contribution in [0.15, 0.2) is 36.5 Å². The van der Waals surface area contributed by atoms with Gasteiger partial charge < -0.3 is 9.47 Å². The van der Waals surface area contributed by atoms with E-state index in [2.05, 4.69) is 32.5 Å². The largest absolute Gasteiger partial charge is 0.493 e. The van der Waals surface area contributed by atoms with Gasteiger partial charge in [-0.3, -0.25) is 5.10 Å². The van der Waals surface area contributed by atoms with Crippen molar-refractivity contribution in [3.8, 4) is 28.8 Å². The molecule has 2 heterocycles. The lowest BCUT2D eigenvalue weighted by Crippen LogP contribution is -2.10. The summed E-state index contributed by atoms with van der Waals surface area (Å²) in [6.07, 6.45) is 3.85. The van der Waals surface area contributed by atoms with Gasteiger partial charge in [-0.25, -0.2) is 0 Å². The van der Waals surface area contributed by atoms with Crippen LogP contribution >= 0.6 is 0 Å². The zero-order chi connectivity index (χ0) is 23.1. The summed E-state index contributed by atoms with van der Waals surface area (Å²) in [5.41, 5.74) is 7.30. The molecule has 5 rings (SSSR count). The fourth-order valence-electron chi connectivity index (χ4n) is 4.48. The van der Waals surface area contributed by atoms with Crippen LogP contribution in [-0.2, 0) is 0 Å².